The molecule has 2 aromatic rings. The average Bonchev–Trinajstić information content (AvgIpc) is 2.58. The van der Waals surface area contributed by atoms with E-state index in [4.69, 9.17) is 10.3 Å². The lowest BCUT2D eigenvalue weighted by atomic mass is 10.6. The van der Waals surface area contributed by atoms with Gasteiger partial charge in [0.1, 0.15) is 0 Å². The Labute approximate surface area is 67.0 Å². The summed E-state index contributed by atoms with van der Waals surface area (Å²) in [5.74, 6) is 1.37. The summed E-state index contributed by atoms with van der Waals surface area (Å²) in [6.45, 7) is 1.72. The Hall–Kier alpha value is -1.92. The lowest BCUT2D eigenvalue weighted by Gasteiger charge is -1.80. The predicted octanol–water partition coefficient (Wildman–Crippen LogP) is -0.255. The summed E-state index contributed by atoms with van der Waals surface area (Å²) in [4.78, 5) is 7.74. The summed E-state index contributed by atoms with van der Waals surface area (Å²) in [6.07, 6.45) is 0. The van der Waals surface area contributed by atoms with Crippen LogP contribution < -0.4 is 5.73 Å². The SMILES string of the molecule is Cc1noc(-c2nc(N)n[nH]2)n1. The highest BCUT2D eigenvalue weighted by molar-refractivity contribution is 5.41. The van der Waals surface area contributed by atoms with Gasteiger partial charge in [-0.05, 0) is 6.92 Å². The Bertz CT molecular complexity index is 352. The number of nitrogen functional groups attached to an aromatic ring is 1. The Morgan fingerprint density at radius 2 is 2.25 bits per heavy atom. The fraction of sp³-hybridized carbons (Fsp3) is 0.200. The smallest absolute Gasteiger partial charge is 0.295 e. The standard InChI is InChI=1S/C5H6N6O/c1-2-7-4(12-11-2)3-8-5(6)10-9-3/h1H3,(H3,6,8,9,10). The molecular formula is C5H6N6O. The normalized spacial score (nSPS) is 10.4. The number of nitrogens with one attached hydrogen (secondary N) is 1. The first-order valence-corrected chi connectivity index (χ1v) is 3.24. The second kappa shape index (κ2) is 2.29. The van der Waals surface area contributed by atoms with Gasteiger partial charge < -0.3 is 10.3 Å². The van der Waals surface area contributed by atoms with Crippen LogP contribution in [0.25, 0.3) is 11.7 Å². The first-order chi connectivity index (χ1) is 5.75. The van der Waals surface area contributed by atoms with Crippen LogP contribution in [0.4, 0.5) is 5.95 Å². The third-order valence-corrected chi connectivity index (χ3v) is 1.23. The molecule has 0 unspecified atom stereocenters. The number of hydrogen-bond donors (Lipinski definition) is 2. The van der Waals surface area contributed by atoms with Crippen molar-refractivity contribution in [1.29, 1.82) is 0 Å². The van der Waals surface area contributed by atoms with E-state index in [2.05, 4.69) is 25.3 Å². The topological polar surface area (TPSA) is 107 Å². The summed E-state index contributed by atoms with van der Waals surface area (Å²) < 4.78 is 4.81. The number of aromatic nitrogens is 5. The van der Waals surface area contributed by atoms with Gasteiger partial charge in [-0.1, -0.05) is 5.16 Å². The Morgan fingerprint density at radius 3 is 2.75 bits per heavy atom. The second-order valence-electron chi connectivity index (χ2n) is 2.19. The first kappa shape index (κ1) is 6.77. The summed E-state index contributed by atoms with van der Waals surface area (Å²) in [6, 6.07) is 0. The lowest BCUT2D eigenvalue weighted by Crippen LogP contribution is -1.85. The van der Waals surface area contributed by atoms with Gasteiger partial charge in [-0.25, -0.2) is 0 Å². The van der Waals surface area contributed by atoms with E-state index in [1.165, 1.54) is 0 Å². The molecule has 0 aliphatic rings. The molecule has 0 atom stereocenters. The minimum atomic E-state index is 0.154. The number of nitrogens with zero attached hydrogens (tertiary/aromatic N) is 4. The van der Waals surface area contributed by atoms with E-state index >= 15 is 0 Å². The zero-order valence-corrected chi connectivity index (χ0v) is 6.27. The van der Waals surface area contributed by atoms with Crippen LogP contribution in [-0.2, 0) is 0 Å². The quantitative estimate of drug-likeness (QED) is 0.604. The van der Waals surface area contributed by atoms with Crippen molar-refractivity contribution in [1.82, 2.24) is 25.3 Å². The molecule has 12 heavy (non-hydrogen) atoms. The minimum absolute atomic E-state index is 0.154. The van der Waals surface area contributed by atoms with Crippen molar-refractivity contribution < 1.29 is 4.52 Å². The maximum atomic E-state index is 5.28. The van der Waals surface area contributed by atoms with Crippen LogP contribution in [-0.4, -0.2) is 25.3 Å². The number of anilines is 1. The number of H-pyrrole nitrogens is 1. The van der Waals surface area contributed by atoms with Crippen LogP contribution in [0.15, 0.2) is 4.52 Å². The highest BCUT2D eigenvalue weighted by Gasteiger charge is 2.09. The third kappa shape index (κ3) is 1.00. The van der Waals surface area contributed by atoms with Gasteiger partial charge in [0.2, 0.25) is 11.8 Å². The van der Waals surface area contributed by atoms with Crippen LogP contribution in [0.3, 0.4) is 0 Å². The van der Waals surface area contributed by atoms with E-state index in [-0.39, 0.29) is 11.8 Å². The highest BCUT2D eigenvalue weighted by Crippen LogP contribution is 2.10. The molecule has 0 saturated carbocycles. The first-order valence-electron chi connectivity index (χ1n) is 3.24. The van der Waals surface area contributed by atoms with Crippen molar-refractivity contribution in [3.8, 4) is 11.7 Å². The molecule has 0 bridgehead atoms. The number of rotatable bonds is 1. The van der Waals surface area contributed by atoms with E-state index in [0.29, 0.717) is 11.6 Å². The Kier molecular flexibility index (Phi) is 1.29. The van der Waals surface area contributed by atoms with Gasteiger partial charge in [0.05, 0.1) is 0 Å². The summed E-state index contributed by atoms with van der Waals surface area (Å²) in [5, 5.41) is 9.76. The van der Waals surface area contributed by atoms with E-state index in [9.17, 15) is 0 Å². The van der Waals surface area contributed by atoms with Crippen LogP contribution in [0, 0.1) is 6.92 Å². The van der Waals surface area contributed by atoms with E-state index < -0.39 is 0 Å². The fourth-order valence-corrected chi connectivity index (χ4v) is 0.764. The maximum absolute atomic E-state index is 5.28. The van der Waals surface area contributed by atoms with Gasteiger partial charge in [0, 0.05) is 0 Å². The summed E-state index contributed by atoms with van der Waals surface area (Å²) in [5.41, 5.74) is 5.28. The number of hydrogen-bond acceptors (Lipinski definition) is 6. The van der Waals surface area contributed by atoms with Gasteiger partial charge >= 0.3 is 0 Å². The molecule has 2 aromatic heterocycles. The molecule has 0 aliphatic carbocycles. The van der Waals surface area contributed by atoms with Crippen LogP contribution >= 0.6 is 0 Å². The van der Waals surface area contributed by atoms with Gasteiger partial charge in [0.15, 0.2) is 5.82 Å². The van der Waals surface area contributed by atoms with Crippen molar-refractivity contribution >= 4 is 5.95 Å². The molecule has 62 valence electrons. The number of nitrogens with two attached hydrogens (primary N) is 1. The fourth-order valence-electron chi connectivity index (χ4n) is 0.764. The van der Waals surface area contributed by atoms with Gasteiger partial charge in [-0.15, -0.1) is 5.10 Å². The van der Waals surface area contributed by atoms with E-state index in [1.807, 2.05) is 0 Å². The van der Waals surface area contributed by atoms with Gasteiger partial charge in [0.25, 0.3) is 5.89 Å². The van der Waals surface area contributed by atoms with Crippen LogP contribution in [0.5, 0.6) is 0 Å². The van der Waals surface area contributed by atoms with Crippen LogP contribution in [0.1, 0.15) is 5.82 Å². The number of aromatic amines is 1. The highest BCUT2D eigenvalue weighted by atomic mass is 16.5. The molecule has 7 nitrogen and oxygen atoms in total. The Morgan fingerprint density at radius 1 is 1.42 bits per heavy atom. The van der Waals surface area contributed by atoms with Gasteiger partial charge in [-0.3, -0.25) is 5.10 Å². The molecule has 0 amide bonds. The zero-order chi connectivity index (χ0) is 8.55. The van der Waals surface area contributed by atoms with Crippen molar-refractivity contribution in [3.63, 3.8) is 0 Å². The molecule has 0 saturated heterocycles. The molecule has 2 rings (SSSR count). The molecule has 0 radical (unpaired) electrons. The predicted molar refractivity (Wildman–Crippen MR) is 38.8 cm³/mol. The third-order valence-electron chi connectivity index (χ3n) is 1.23. The van der Waals surface area contributed by atoms with E-state index in [0.717, 1.165) is 0 Å². The molecular weight excluding hydrogens is 160 g/mol. The molecule has 0 fully saturated rings. The van der Waals surface area contributed by atoms with Crippen molar-refractivity contribution in [2.75, 3.05) is 5.73 Å². The molecule has 3 N–H and O–H groups in total. The summed E-state index contributed by atoms with van der Waals surface area (Å²) >= 11 is 0. The average molecular weight is 166 g/mol. The van der Waals surface area contributed by atoms with Crippen LogP contribution in [0.2, 0.25) is 0 Å². The van der Waals surface area contributed by atoms with Crippen molar-refractivity contribution in [2.45, 2.75) is 6.92 Å². The second-order valence-corrected chi connectivity index (χ2v) is 2.19. The maximum Gasteiger partial charge on any atom is 0.295 e. The zero-order valence-electron chi connectivity index (χ0n) is 6.27. The lowest BCUT2D eigenvalue weighted by molar-refractivity contribution is 0.423. The molecule has 0 aromatic carbocycles. The van der Waals surface area contributed by atoms with Crippen molar-refractivity contribution in [2.24, 2.45) is 0 Å². The van der Waals surface area contributed by atoms with Gasteiger partial charge in [-0.2, -0.15) is 9.97 Å². The monoisotopic (exact) mass is 166 g/mol. The molecule has 0 spiro atoms. The Balaban J connectivity index is 2.43. The van der Waals surface area contributed by atoms with Crippen molar-refractivity contribution in [3.05, 3.63) is 5.82 Å². The molecule has 2 heterocycles. The largest absolute Gasteiger partial charge is 0.366 e. The van der Waals surface area contributed by atoms with E-state index in [1.54, 1.807) is 6.92 Å². The molecule has 7 heteroatoms. The number of aryl methyl sites for hydroxylation is 1. The summed E-state index contributed by atoms with van der Waals surface area (Å²) in [7, 11) is 0. The minimum Gasteiger partial charge on any atom is -0.366 e. The molecule has 0 aliphatic heterocycles.